The number of methoxy groups -OCH3 is 1. The highest BCUT2D eigenvalue weighted by atomic mass is 35.5. The normalized spacial score (nSPS) is 11.7. The van der Waals surface area contributed by atoms with Crippen molar-refractivity contribution >= 4 is 52.5 Å². The number of carbonyl (C=O) groups excluding carboxylic acids is 2. The lowest BCUT2D eigenvalue weighted by Gasteiger charge is -2.15. The van der Waals surface area contributed by atoms with Crippen molar-refractivity contribution < 1.29 is 14.3 Å². The van der Waals surface area contributed by atoms with Gasteiger partial charge in [-0.05, 0) is 56.3 Å². The van der Waals surface area contributed by atoms with E-state index in [1.54, 1.807) is 49.6 Å². The number of nitrogens with one attached hydrogen (secondary N) is 2. The molecule has 0 aliphatic carbocycles. The summed E-state index contributed by atoms with van der Waals surface area (Å²) in [4.78, 5) is 25.0. The summed E-state index contributed by atoms with van der Waals surface area (Å²) in [5, 5.41) is 15.6. The van der Waals surface area contributed by atoms with E-state index in [2.05, 4.69) is 20.8 Å². The van der Waals surface area contributed by atoms with Gasteiger partial charge in [0.1, 0.15) is 5.75 Å². The molecule has 0 spiro atoms. The third-order valence-corrected chi connectivity index (χ3v) is 6.22. The number of anilines is 1. The van der Waals surface area contributed by atoms with Crippen LogP contribution in [-0.2, 0) is 11.3 Å². The fraction of sp³-hybridized carbons (Fsp3) is 0.273. The molecule has 0 bridgehead atoms. The van der Waals surface area contributed by atoms with E-state index in [9.17, 15) is 9.59 Å². The Balaban J connectivity index is 1.63. The van der Waals surface area contributed by atoms with Gasteiger partial charge in [0.05, 0.1) is 29.6 Å². The maximum absolute atomic E-state index is 12.6. The quantitative estimate of drug-likeness (QED) is 0.402. The Morgan fingerprint density at radius 1 is 1.15 bits per heavy atom. The van der Waals surface area contributed by atoms with E-state index in [-0.39, 0.29) is 23.6 Å². The van der Waals surface area contributed by atoms with Crippen molar-refractivity contribution in [1.82, 2.24) is 20.1 Å². The minimum atomic E-state index is -0.388. The molecule has 0 unspecified atom stereocenters. The Kier molecular flexibility index (Phi) is 8.60. The molecule has 8 nitrogen and oxygen atoms in total. The van der Waals surface area contributed by atoms with Crippen LogP contribution in [0.2, 0.25) is 10.0 Å². The van der Waals surface area contributed by atoms with Crippen molar-refractivity contribution in [2.75, 3.05) is 18.2 Å². The van der Waals surface area contributed by atoms with Crippen molar-refractivity contribution in [2.45, 2.75) is 31.6 Å². The summed E-state index contributed by atoms with van der Waals surface area (Å²) in [6.45, 7) is 4.36. The zero-order valence-electron chi connectivity index (χ0n) is 18.3. The smallest absolute Gasteiger partial charge is 0.251 e. The average Bonchev–Trinajstić information content (AvgIpc) is 3.23. The first kappa shape index (κ1) is 24.9. The number of thioether (sulfide) groups is 1. The van der Waals surface area contributed by atoms with Crippen LogP contribution < -0.4 is 15.4 Å². The van der Waals surface area contributed by atoms with Crippen molar-refractivity contribution in [3.05, 3.63) is 63.9 Å². The predicted molar refractivity (Wildman–Crippen MR) is 130 cm³/mol. The molecule has 1 heterocycles. The third-order valence-electron chi connectivity index (χ3n) is 4.68. The molecule has 3 rings (SSSR count). The second-order valence-corrected chi connectivity index (χ2v) is 8.76. The van der Waals surface area contributed by atoms with E-state index in [1.807, 2.05) is 18.4 Å². The molecule has 1 aromatic heterocycles. The molecule has 33 heavy (non-hydrogen) atoms. The van der Waals surface area contributed by atoms with Gasteiger partial charge < -0.3 is 19.9 Å². The monoisotopic (exact) mass is 507 g/mol. The molecule has 3 aromatic rings. The van der Waals surface area contributed by atoms with Crippen LogP contribution in [0.1, 0.15) is 36.1 Å². The van der Waals surface area contributed by atoms with Gasteiger partial charge in [-0.15, -0.1) is 10.2 Å². The summed E-state index contributed by atoms with van der Waals surface area (Å²) in [7, 11) is 1.57. The molecule has 2 N–H and O–H groups in total. The Labute approximate surface area is 206 Å². The second-order valence-electron chi connectivity index (χ2n) is 6.97. The van der Waals surface area contributed by atoms with Gasteiger partial charge in [0.25, 0.3) is 5.91 Å². The third kappa shape index (κ3) is 6.40. The number of ether oxygens (including phenoxy) is 1. The lowest BCUT2D eigenvalue weighted by Crippen LogP contribution is -2.28. The summed E-state index contributed by atoms with van der Waals surface area (Å²) in [6, 6.07) is 11.3. The number of hydrogen-bond donors (Lipinski definition) is 2. The molecule has 11 heteroatoms. The molecule has 0 saturated carbocycles. The van der Waals surface area contributed by atoms with E-state index in [4.69, 9.17) is 27.9 Å². The van der Waals surface area contributed by atoms with Crippen LogP contribution >= 0.6 is 35.0 Å². The first-order chi connectivity index (χ1) is 15.8. The number of nitrogens with zero attached hydrogens (tertiary/aromatic N) is 3. The Bertz CT molecular complexity index is 1140. The minimum Gasteiger partial charge on any atom is -0.497 e. The number of halogens is 2. The molecule has 1 atom stereocenters. The van der Waals surface area contributed by atoms with Crippen LogP contribution in [0.3, 0.4) is 0 Å². The first-order valence-corrected chi connectivity index (χ1v) is 11.8. The van der Waals surface area contributed by atoms with Crippen LogP contribution in [0.15, 0.2) is 47.6 Å². The van der Waals surface area contributed by atoms with Crippen LogP contribution in [0.5, 0.6) is 5.75 Å². The summed E-state index contributed by atoms with van der Waals surface area (Å²) >= 11 is 13.3. The van der Waals surface area contributed by atoms with Crippen molar-refractivity contribution in [2.24, 2.45) is 0 Å². The summed E-state index contributed by atoms with van der Waals surface area (Å²) in [5.41, 5.74) is 0.957. The topological polar surface area (TPSA) is 98.1 Å². The molecule has 0 fully saturated rings. The number of benzene rings is 2. The zero-order chi connectivity index (χ0) is 24.0. The van der Waals surface area contributed by atoms with Crippen molar-refractivity contribution in [3.8, 4) is 5.75 Å². The summed E-state index contributed by atoms with van der Waals surface area (Å²) in [6.07, 6.45) is 0. The lowest BCUT2D eigenvalue weighted by molar-refractivity contribution is -0.113. The highest BCUT2D eigenvalue weighted by molar-refractivity contribution is 7.99. The minimum absolute atomic E-state index is 0.105. The molecule has 2 aromatic carbocycles. The number of aromatic nitrogens is 3. The van der Waals surface area contributed by atoms with Gasteiger partial charge in [-0.1, -0.05) is 35.0 Å². The second kappa shape index (κ2) is 11.4. The maximum Gasteiger partial charge on any atom is 0.251 e. The first-order valence-electron chi connectivity index (χ1n) is 10.1. The number of hydrogen-bond acceptors (Lipinski definition) is 6. The fourth-order valence-electron chi connectivity index (χ4n) is 3.02. The molecule has 0 saturated heterocycles. The van der Waals surface area contributed by atoms with Crippen LogP contribution in [0, 0.1) is 0 Å². The SMILES string of the molecule is CCn1c(SCC(=O)Nc2cc(Cl)ccc2Cl)nnc1[C@H](C)NC(=O)c1ccc(OC)cc1. The molecule has 0 radical (unpaired) electrons. The maximum atomic E-state index is 12.6. The van der Waals surface area contributed by atoms with E-state index < -0.39 is 0 Å². The zero-order valence-corrected chi connectivity index (χ0v) is 20.6. The number of rotatable bonds is 9. The number of carbonyl (C=O) groups is 2. The highest BCUT2D eigenvalue weighted by Crippen LogP contribution is 2.26. The largest absolute Gasteiger partial charge is 0.497 e. The molecule has 2 amide bonds. The van der Waals surface area contributed by atoms with Crippen LogP contribution in [0.25, 0.3) is 0 Å². The van der Waals surface area contributed by atoms with E-state index in [0.29, 0.717) is 44.6 Å². The lowest BCUT2D eigenvalue weighted by atomic mass is 10.2. The van der Waals surface area contributed by atoms with Gasteiger partial charge in [0, 0.05) is 17.1 Å². The van der Waals surface area contributed by atoms with E-state index >= 15 is 0 Å². The highest BCUT2D eigenvalue weighted by Gasteiger charge is 2.20. The standard InChI is InChI=1S/C22H23Cl2N5O3S/c1-4-29-20(13(2)25-21(31)14-5-8-16(32-3)9-6-14)27-28-22(29)33-12-19(30)26-18-11-15(23)7-10-17(18)24/h5-11,13H,4,12H2,1-3H3,(H,25,31)(H,26,30)/t13-/m0/s1. The predicted octanol–water partition coefficient (Wildman–Crippen LogP) is 4.84. The van der Waals surface area contributed by atoms with Gasteiger partial charge in [0.2, 0.25) is 5.91 Å². The van der Waals surface area contributed by atoms with Crippen molar-refractivity contribution in [1.29, 1.82) is 0 Å². The average molecular weight is 508 g/mol. The molecule has 174 valence electrons. The van der Waals surface area contributed by atoms with Gasteiger partial charge in [-0.3, -0.25) is 9.59 Å². The van der Waals surface area contributed by atoms with Crippen molar-refractivity contribution in [3.63, 3.8) is 0 Å². The fourth-order valence-corrected chi connectivity index (χ4v) is 4.17. The molecule has 0 aliphatic rings. The van der Waals surface area contributed by atoms with E-state index in [1.165, 1.54) is 11.8 Å². The number of amides is 2. The Morgan fingerprint density at radius 2 is 1.88 bits per heavy atom. The molecular formula is C22H23Cl2N5O3S. The Hall–Kier alpha value is -2.75. The summed E-state index contributed by atoms with van der Waals surface area (Å²) < 4.78 is 6.98. The molecular weight excluding hydrogens is 485 g/mol. The van der Waals surface area contributed by atoms with Crippen LogP contribution in [0.4, 0.5) is 5.69 Å². The summed E-state index contributed by atoms with van der Waals surface area (Å²) in [5.74, 6) is 0.891. The van der Waals surface area contributed by atoms with Crippen LogP contribution in [-0.4, -0.2) is 39.4 Å². The van der Waals surface area contributed by atoms with Gasteiger partial charge >= 0.3 is 0 Å². The van der Waals surface area contributed by atoms with Gasteiger partial charge in [-0.25, -0.2) is 0 Å². The van der Waals surface area contributed by atoms with Gasteiger partial charge in [0.15, 0.2) is 11.0 Å². The van der Waals surface area contributed by atoms with Gasteiger partial charge in [-0.2, -0.15) is 0 Å². The Morgan fingerprint density at radius 3 is 2.55 bits per heavy atom. The van der Waals surface area contributed by atoms with E-state index in [0.717, 1.165) is 0 Å². The molecule has 0 aliphatic heterocycles.